The number of halogens is 1. The lowest BCUT2D eigenvalue weighted by atomic mass is 10.0. The first-order chi connectivity index (χ1) is 8.26. The number of thiophene rings is 1. The fourth-order valence-electron chi connectivity index (χ4n) is 1.91. The third kappa shape index (κ3) is 2.80. The molecule has 1 aromatic carbocycles. The van der Waals surface area contributed by atoms with Crippen LogP contribution in [0.5, 0.6) is 0 Å². The van der Waals surface area contributed by atoms with Crippen molar-refractivity contribution in [1.82, 2.24) is 5.32 Å². The Morgan fingerprint density at radius 2 is 2.24 bits per heavy atom. The average Bonchev–Trinajstić information content (AvgIpc) is 2.82. The zero-order valence-electron chi connectivity index (χ0n) is 9.69. The van der Waals surface area contributed by atoms with Crippen molar-refractivity contribution < 1.29 is 5.11 Å². The summed E-state index contributed by atoms with van der Waals surface area (Å²) in [7, 11) is 0. The summed E-state index contributed by atoms with van der Waals surface area (Å²) >= 11 is 7.58. The molecule has 0 spiro atoms. The lowest BCUT2D eigenvalue weighted by Crippen LogP contribution is -2.36. The van der Waals surface area contributed by atoms with Gasteiger partial charge in [-0.2, -0.15) is 0 Å². The monoisotopic (exact) mass is 269 g/mol. The van der Waals surface area contributed by atoms with Gasteiger partial charge in [0.15, 0.2) is 0 Å². The quantitative estimate of drug-likeness (QED) is 0.818. The molecular formula is C13H16ClNOS. The highest BCUT2D eigenvalue weighted by molar-refractivity contribution is 7.17. The van der Waals surface area contributed by atoms with Crippen molar-refractivity contribution in [3.05, 3.63) is 35.2 Å². The highest BCUT2D eigenvalue weighted by Crippen LogP contribution is 2.26. The van der Waals surface area contributed by atoms with E-state index in [2.05, 4.69) is 22.8 Å². The average molecular weight is 270 g/mol. The smallest absolute Gasteiger partial charge is 0.0954 e. The minimum atomic E-state index is -0.559. The second kappa shape index (κ2) is 5.83. The van der Waals surface area contributed by atoms with Crippen LogP contribution in [-0.4, -0.2) is 23.6 Å². The van der Waals surface area contributed by atoms with E-state index in [9.17, 15) is 5.11 Å². The summed E-state index contributed by atoms with van der Waals surface area (Å²) in [6.07, 6.45) is -0.559. The molecular weight excluding hydrogens is 254 g/mol. The first kappa shape index (κ1) is 12.8. The SMILES string of the molecule is CCNC(CCl)C(O)c1ccc2sccc2c1. The lowest BCUT2D eigenvalue weighted by molar-refractivity contribution is 0.138. The van der Waals surface area contributed by atoms with E-state index < -0.39 is 6.10 Å². The van der Waals surface area contributed by atoms with Crippen LogP contribution in [0.4, 0.5) is 0 Å². The van der Waals surface area contributed by atoms with E-state index in [1.54, 1.807) is 11.3 Å². The maximum atomic E-state index is 10.3. The number of alkyl halides is 1. The minimum Gasteiger partial charge on any atom is -0.387 e. The zero-order chi connectivity index (χ0) is 12.3. The molecule has 0 fully saturated rings. The summed E-state index contributed by atoms with van der Waals surface area (Å²) < 4.78 is 1.24. The van der Waals surface area contributed by atoms with Crippen molar-refractivity contribution in [2.75, 3.05) is 12.4 Å². The third-order valence-electron chi connectivity index (χ3n) is 2.83. The fourth-order valence-corrected chi connectivity index (χ4v) is 2.96. The molecule has 17 heavy (non-hydrogen) atoms. The molecule has 1 heterocycles. The van der Waals surface area contributed by atoms with Gasteiger partial charge in [0, 0.05) is 10.6 Å². The fraction of sp³-hybridized carbons (Fsp3) is 0.385. The summed E-state index contributed by atoms with van der Waals surface area (Å²) in [5.41, 5.74) is 0.919. The van der Waals surface area contributed by atoms with Crippen molar-refractivity contribution in [3.63, 3.8) is 0 Å². The van der Waals surface area contributed by atoms with Crippen molar-refractivity contribution in [3.8, 4) is 0 Å². The number of benzene rings is 1. The van der Waals surface area contributed by atoms with Gasteiger partial charge in [0.25, 0.3) is 0 Å². The molecule has 0 aliphatic heterocycles. The molecule has 2 aromatic rings. The van der Waals surface area contributed by atoms with E-state index in [0.29, 0.717) is 5.88 Å². The van der Waals surface area contributed by atoms with Gasteiger partial charge < -0.3 is 10.4 Å². The van der Waals surface area contributed by atoms with Gasteiger partial charge >= 0.3 is 0 Å². The highest BCUT2D eigenvalue weighted by Gasteiger charge is 2.19. The number of fused-ring (bicyclic) bond motifs is 1. The molecule has 0 bridgehead atoms. The highest BCUT2D eigenvalue weighted by atomic mass is 35.5. The van der Waals surface area contributed by atoms with Gasteiger partial charge in [-0.15, -0.1) is 22.9 Å². The van der Waals surface area contributed by atoms with Crippen LogP contribution in [0.15, 0.2) is 29.6 Å². The van der Waals surface area contributed by atoms with Gasteiger partial charge in [-0.1, -0.05) is 13.0 Å². The number of aliphatic hydroxyl groups is 1. The molecule has 0 amide bonds. The van der Waals surface area contributed by atoms with E-state index in [4.69, 9.17) is 11.6 Å². The van der Waals surface area contributed by atoms with Crippen LogP contribution in [0, 0.1) is 0 Å². The second-order valence-corrected chi connectivity index (χ2v) is 5.24. The maximum Gasteiger partial charge on any atom is 0.0954 e. The maximum absolute atomic E-state index is 10.3. The van der Waals surface area contributed by atoms with E-state index in [1.165, 1.54) is 10.1 Å². The molecule has 1 aromatic heterocycles. The number of likely N-dealkylation sites (N-methyl/N-ethyl adjacent to an activating group) is 1. The summed E-state index contributed by atoms with van der Waals surface area (Å²) in [4.78, 5) is 0. The van der Waals surface area contributed by atoms with Gasteiger partial charge in [-0.05, 0) is 41.1 Å². The van der Waals surface area contributed by atoms with Gasteiger partial charge in [-0.25, -0.2) is 0 Å². The normalized spacial score (nSPS) is 15.0. The Morgan fingerprint density at radius 3 is 2.94 bits per heavy atom. The summed E-state index contributed by atoms with van der Waals surface area (Å²) in [5, 5.41) is 16.7. The summed E-state index contributed by atoms with van der Waals surface area (Å²) in [5.74, 6) is 0.399. The van der Waals surface area contributed by atoms with Crippen molar-refractivity contribution >= 4 is 33.0 Å². The van der Waals surface area contributed by atoms with Gasteiger partial charge in [0.05, 0.1) is 12.1 Å². The van der Waals surface area contributed by atoms with Gasteiger partial charge in [0.1, 0.15) is 0 Å². The van der Waals surface area contributed by atoms with Crippen LogP contribution >= 0.6 is 22.9 Å². The molecule has 92 valence electrons. The number of nitrogens with one attached hydrogen (secondary N) is 1. The number of aliphatic hydroxyl groups excluding tert-OH is 1. The van der Waals surface area contributed by atoms with E-state index in [-0.39, 0.29) is 6.04 Å². The van der Waals surface area contributed by atoms with Crippen molar-refractivity contribution in [1.29, 1.82) is 0 Å². The summed E-state index contributed by atoms with van der Waals surface area (Å²) in [6.45, 7) is 2.81. The predicted molar refractivity (Wildman–Crippen MR) is 75.0 cm³/mol. The van der Waals surface area contributed by atoms with Crippen LogP contribution < -0.4 is 5.32 Å². The first-order valence-electron chi connectivity index (χ1n) is 5.70. The molecule has 2 unspecified atom stereocenters. The van der Waals surface area contributed by atoms with Crippen molar-refractivity contribution in [2.24, 2.45) is 0 Å². The topological polar surface area (TPSA) is 32.3 Å². The van der Waals surface area contributed by atoms with E-state index in [1.807, 2.05) is 19.1 Å². The van der Waals surface area contributed by atoms with Crippen LogP contribution in [0.2, 0.25) is 0 Å². The number of rotatable bonds is 5. The molecule has 0 saturated heterocycles. The molecule has 2 atom stereocenters. The second-order valence-electron chi connectivity index (χ2n) is 3.98. The zero-order valence-corrected chi connectivity index (χ0v) is 11.3. The molecule has 2 rings (SSSR count). The largest absolute Gasteiger partial charge is 0.387 e. The molecule has 2 nitrogen and oxygen atoms in total. The van der Waals surface area contributed by atoms with Crippen LogP contribution in [0.25, 0.3) is 10.1 Å². The number of hydrogen-bond donors (Lipinski definition) is 2. The van der Waals surface area contributed by atoms with Gasteiger partial charge in [-0.3, -0.25) is 0 Å². The Kier molecular flexibility index (Phi) is 4.40. The van der Waals surface area contributed by atoms with Crippen LogP contribution in [0.3, 0.4) is 0 Å². The Morgan fingerprint density at radius 1 is 1.41 bits per heavy atom. The summed E-state index contributed by atoms with van der Waals surface area (Å²) in [6, 6.07) is 8.03. The molecule has 0 radical (unpaired) electrons. The van der Waals surface area contributed by atoms with E-state index in [0.717, 1.165) is 12.1 Å². The standard InChI is InChI=1S/C13H16ClNOS/c1-2-15-11(8-14)13(16)10-3-4-12-9(7-10)5-6-17-12/h3-7,11,13,15-16H,2,8H2,1H3. The van der Waals surface area contributed by atoms with Crippen LogP contribution in [0.1, 0.15) is 18.6 Å². The Labute approximate surface area is 110 Å². The van der Waals surface area contributed by atoms with Gasteiger partial charge in [0.2, 0.25) is 0 Å². The Hall–Kier alpha value is -0.610. The Balaban J connectivity index is 2.24. The lowest BCUT2D eigenvalue weighted by Gasteiger charge is -2.21. The molecule has 2 N–H and O–H groups in total. The van der Waals surface area contributed by atoms with Crippen LogP contribution in [-0.2, 0) is 0 Å². The number of hydrogen-bond acceptors (Lipinski definition) is 3. The molecule has 0 aliphatic rings. The molecule has 4 heteroatoms. The predicted octanol–water partition coefficient (Wildman–Crippen LogP) is 3.15. The molecule has 0 aliphatic carbocycles. The van der Waals surface area contributed by atoms with E-state index >= 15 is 0 Å². The Bertz CT molecular complexity index is 485. The third-order valence-corrected chi connectivity index (χ3v) is 4.06. The first-order valence-corrected chi connectivity index (χ1v) is 7.12. The molecule has 0 saturated carbocycles. The minimum absolute atomic E-state index is 0.0993. The van der Waals surface area contributed by atoms with Crippen molar-refractivity contribution in [2.45, 2.75) is 19.1 Å².